The van der Waals surface area contributed by atoms with Crippen LogP contribution in [0.15, 0.2) is 0 Å². The minimum atomic E-state index is -1.35. The summed E-state index contributed by atoms with van der Waals surface area (Å²) in [6.45, 7) is 1.27. The number of H-pyrrole nitrogens is 1. The van der Waals surface area contributed by atoms with Crippen molar-refractivity contribution in [2.75, 3.05) is 6.61 Å². The largest absolute Gasteiger partial charge is 0.480 e. The highest BCUT2D eigenvalue weighted by Crippen LogP contribution is 1.97. The van der Waals surface area contributed by atoms with E-state index in [1.807, 2.05) is 6.92 Å². The van der Waals surface area contributed by atoms with E-state index in [0.29, 0.717) is 12.2 Å². The zero-order valence-corrected chi connectivity index (χ0v) is 9.30. The molecular formula is C9H14N4O4. The maximum absolute atomic E-state index is 11.5. The molecule has 1 rings (SSSR count). The number of rotatable bonds is 6. The molecule has 94 valence electrons. The van der Waals surface area contributed by atoms with E-state index >= 15 is 0 Å². The van der Waals surface area contributed by atoms with Crippen LogP contribution in [-0.4, -0.2) is 49.9 Å². The van der Waals surface area contributed by atoms with Crippen LogP contribution in [0.5, 0.6) is 0 Å². The topological polar surface area (TPSA) is 128 Å². The van der Waals surface area contributed by atoms with Gasteiger partial charge in [-0.1, -0.05) is 6.92 Å². The Bertz CT molecular complexity index is 403. The molecule has 0 aliphatic carbocycles. The Balaban J connectivity index is 2.65. The van der Waals surface area contributed by atoms with Crippen molar-refractivity contribution >= 4 is 11.9 Å². The molecule has 8 heteroatoms. The van der Waals surface area contributed by atoms with Gasteiger partial charge in [0.25, 0.3) is 5.91 Å². The third-order valence-electron chi connectivity index (χ3n) is 2.01. The van der Waals surface area contributed by atoms with E-state index in [2.05, 4.69) is 20.5 Å². The molecule has 0 spiro atoms. The average Bonchev–Trinajstić information content (AvgIpc) is 2.74. The van der Waals surface area contributed by atoms with Crippen molar-refractivity contribution in [1.82, 2.24) is 20.5 Å². The normalized spacial score (nSPS) is 12.1. The van der Waals surface area contributed by atoms with Crippen molar-refractivity contribution in [2.24, 2.45) is 0 Å². The Labute approximate surface area is 97.1 Å². The van der Waals surface area contributed by atoms with Crippen LogP contribution < -0.4 is 5.32 Å². The molecule has 0 aliphatic rings. The first-order valence-electron chi connectivity index (χ1n) is 5.14. The van der Waals surface area contributed by atoms with Crippen molar-refractivity contribution in [3.05, 3.63) is 11.6 Å². The molecule has 0 unspecified atom stereocenters. The van der Waals surface area contributed by atoms with Gasteiger partial charge in [0.05, 0.1) is 6.61 Å². The number of carboxylic acids is 1. The van der Waals surface area contributed by atoms with Crippen LogP contribution in [0.25, 0.3) is 0 Å². The lowest BCUT2D eigenvalue weighted by atomic mass is 10.3. The van der Waals surface area contributed by atoms with Crippen LogP contribution in [0.2, 0.25) is 0 Å². The van der Waals surface area contributed by atoms with Crippen LogP contribution >= 0.6 is 0 Å². The number of hydrogen-bond donors (Lipinski definition) is 4. The Morgan fingerprint density at radius 3 is 2.76 bits per heavy atom. The Kier molecular flexibility index (Phi) is 4.58. The lowest BCUT2D eigenvalue weighted by Crippen LogP contribution is -2.43. The predicted octanol–water partition coefficient (Wildman–Crippen LogP) is -1.07. The van der Waals surface area contributed by atoms with E-state index in [4.69, 9.17) is 10.2 Å². The minimum absolute atomic E-state index is 0.131. The molecule has 1 atom stereocenters. The summed E-state index contributed by atoms with van der Waals surface area (Å²) in [6.07, 6.45) is 1.51. The third kappa shape index (κ3) is 3.52. The molecule has 1 heterocycles. The number of aliphatic carboxylic acids is 1. The second kappa shape index (κ2) is 5.94. The van der Waals surface area contributed by atoms with Gasteiger partial charge in [-0.3, -0.25) is 9.89 Å². The van der Waals surface area contributed by atoms with Crippen molar-refractivity contribution in [3.8, 4) is 0 Å². The van der Waals surface area contributed by atoms with Crippen molar-refractivity contribution in [1.29, 1.82) is 0 Å². The van der Waals surface area contributed by atoms with Gasteiger partial charge in [0.2, 0.25) is 5.82 Å². The van der Waals surface area contributed by atoms with E-state index < -0.39 is 24.5 Å². The lowest BCUT2D eigenvalue weighted by Gasteiger charge is -2.09. The molecule has 1 amide bonds. The molecule has 4 N–H and O–H groups in total. The van der Waals surface area contributed by atoms with Gasteiger partial charge in [-0.15, -0.1) is 5.10 Å². The fourth-order valence-electron chi connectivity index (χ4n) is 1.15. The van der Waals surface area contributed by atoms with E-state index in [-0.39, 0.29) is 5.82 Å². The summed E-state index contributed by atoms with van der Waals surface area (Å²) in [7, 11) is 0. The molecule has 0 aromatic carbocycles. The predicted molar refractivity (Wildman–Crippen MR) is 56.4 cm³/mol. The van der Waals surface area contributed by atoms with Crippen LogP contribution in [-0.2, 0) is 11.2 Å². The van der Waals surface area contributed by atoms with Crippen molar-refractivity contribution in [2.45, 2.75) is 25.8 Å². The van der Waals surface area contributed by atoms with Gasteiger partial charge in [-0.05, 0) is 6.42 Å². The summed E-state index contributed by atoms with van der Waals surface area (Å²) in [5.41, 5.74) is 0. The second-order valence-corrected chi connectivity index (χ2v) is 3.40. The van der Waals surface area contributed by atoms with E-state index in [9.17, 15) is 9.59 Å². The molecule has 8 nitrogen and oxygen atoms in total. The monoisotopic (exact) mass is 242 g/mol. The van der Waals surface area contributed by atoms with Gasteiger partial charge < -0.3 is 15.5 Å². The third-order valence-corrected chi connectivity index (χ3v) is 2.01. The standard InChI is InChI=1S/C9H14N4O4/c1-2-3-6-11-7(13-12-6)8(15)10-5(4-14)9(16)17/h5,14H,2-4H2,1H3,(H,10,15)(H,16,17)(H,11,12,13)/t5-/m1/s1. The van der Waals surface area contributed by atoms with E-state index in [1.54, 1.807) is 0 Å². The number of nitrogens with zero attached hydrogens (tertiary/aromatic N) is 2. The van der Waals surface area contributed by atoms with Gasteiger partial charge in [0.1, 0.15) is 5.82 Å². The van der Waals surface area contributed by atoms with Gasteiger partial charge in [-0.2, -0.15) is 0 Å². The zero-order chi connectivity index (χ0) is 12.8. The highest BCUT2D eigenvalue weighted by Gasteiger charge is 2.21. The van der Waals surface area contributed by atoms with Crippen LogP contribution in [0.1, 0.15) is 29.8 Å². The highest BCUT2D eigenvalue weighted by atomic mass is 16.4. The molecule has 0 aliphatic heterocycles. The highest BCUT2D eigenvalue weighted by molar-refractivity contribution is 5.93. The first-order chi connectivity index (χ1) is 8.08. The van der Waals surface area contributed by atoms with Gasteiger partial charge >= 0.3 is 5.97 Å². The first kappa shape index (κ1) is 13.1. The van der Waals surface area contributed by atoms with E-state index in [0.717, 1.165) is 6.42 Å². The first-order valence-corrected chi connectivity index (χ1v) is 5.14. The molecule has 1 aromatic rings. The number of aromatic amines is 1. The summed E-state index contributed by atoms with van der Waals surface area (Å²) in [6, 6.07) is -1.35. The molecule has 17 heavy (non-hydrogen) atoms. The summed E-state index contributed by atoms with van der Waals surface area (Å²) in [4.78, 5) is 26.0. The number of aromatic nitrogens is 3. The summed E-state index contributed by atoms with van der Waals surface area (Å²) < 4.78 is 0. The molecular weight excluding hydrogens is 228 g/mol. The smallest absolute Gasteiger partial charge is 0.328 e. The number of aliphatic hydroxyl groups excluding tert-OH is 1. The van der Waals surface area contributed by atoms with Crippen molar-refractivity contribution < 1.29 is 19.8 Å². The van der Waals surface area contributed by atoms with E-state index in [1.165, 1.54) is 0 Å². The molecule has 0 saturated carbocycles. The average molecular weight is 242 g/mol. The molecule has 0 bridgehead atoms. The lowest BCUT2D eigenvalue weighted by molar-refractivity contribution is -0.140. The number of carboxylic acid groups (broad SMARTS) is 1. The second-order valence-electron chi connectivity index (χ2n) is 3.40. The number of carbonyl (C=O) groups is 2. The summed E-state index contributed by atoms with van der Waals surface area (Å²) in [5, 5.41) is 25.7. The van der Waals surface area contributed by atoms with Crippen molar-refractivity contribution in [3.63, 3.8) is 0 Å². The van der Waals surface area contributed by atoms with Gasteiger partial charge in [0.15, 0.2) is 6.04 Å². The molecule has 0 fully saturated rings. The number of aliphatic hydroxyl groups is 1. The van der Waals surface area contributed by atoms with Crippen LogP contribution in [0.3, 0.4) is 0 Å². The number of carbonyl (C=O) groups excluding carboxylic acids is 1. The number of amides is 1. The van der Waals surface area contributed by atoms with Crippen LogP contribution in [0.4, 0.5) is 0 Å². The Morgan fingerprint density at radius 2 is 2.24 bits per heavy atom. The number of nitrogens with one attached hydrogen (secondary N) is 2. The minimum Gasteiger partial charge on any atom is -0.480 e. The number of hydrogen-bond acceptors (Lipinski definition) is 5. The fourth-order valence-corrected chi connectivity index (χ4v) is 1.15. The maximum Gasteiger partial charge on any atom is 0.328 e. The number of aryl methyl sites for hydroxylation is 1. The maximum atomic E-state index is 11.5. The Hall–Kier alpha value is -1.96. The Morgan fingerprint density at radius 1 is 1.53 bits per heavy atom. The molecule has 0 saturated heterocycles. The fraction of sp³-hybridized carbons (Fsp3) is 0.556. The molecule has 1 aromatic heterocycles. The SMILES string of the molecule is CCCc1nc(C(=O)N[C@H](CO)C(=O)O)n[nH]1. The van der Waals surface area contributed by atoms with Gasteiger partial charge in [-0.25, -0.2) is 9.78 Å². The summed E-state index contributed by atoms with van der Waals surface area (Å²) >= 11 is 0. The molecule has 0 radical (unpaired) electrons. The van der Waals surface area contributed by atoms with Gasteiger partial charge in [0, 0.05) is 6.42 Å². The van der Waals surface area contributed by atoms with Crippen LogP contribution in [0, 0.1) is 0 Å². The summed E-state index contributed by atoms with van der Waals surface area (Å²) in [5.74, 6) is -1.61. The zero-order valence-electron chi connectivity index (χ0n) is 9.30. The quantitative estimate of drug-likeness (QED) is 0.503.